The molecule has 1 aliphatic rings. The van der Waals surface area contributed by atoms with Crippen LogP contribution in [0, 0.1) is 0 Å². The Morgan fingerprint density at radius 2 is 1.81 bits per heavy atom. The van der Waals surface area contributed by atoms with Gasteiger partial charge in [-0.05, 0) is 49.1 Å². The number of halogens is 2. The molecule has 32 heavy (non-hydrogen) atoms. The highest BCUT2D eigenvalue weighted by atomic mass is 35.5. The molecule has 2 amide bonds. The summed E-state index contributed by atoms with van der Waals surface area (Å²) in [6.45, 7) is 2.21. The second kappa shape index (κ2) is 12.5. The Morgan fingerprint density at radius 1 is 1.09 bits per heavy atom. The number of carbonyl (C=O) groups is 2. The molecular weight excluding hydrogens is 463 g/mol. The van der Waals surface area contributed by atoms with E-state index in [1.54, 1.807) is 17.0 Å². The van der Waals surface area contributed by atoms with Crippen LogP contribution in [-0.2, 0) is 16.1 Å². The average Bonchev–Trinajstić information content (AvgIpc) is 2.80. The summed E-state index contributed by atoms with van der Waals surface area (Å²) < 4.78 is 0. The third-order valence-corrected chi connectivity index (χ3v) is 7.38. The lowest BCUT2D eigenvalue weighted by Gasteiger charge is -2.33. The molecule has 7 heteroatoms. The molecule has 0 radical (unpaired) electrons. The van der Waals surface area contributed by atoms with Crippen molar-refractivity contribution in [2.75, 3.05) is 5.75 Å². The van der Waals surface area contributed by atoms with Gasteiger partial charge in [-0.1, -0.05) is 73.7 Å². The van der Waals surface area contributed by atoms with Gasteiger partial charge in [0.1, 0.15) is 6.04 Å². The minimum absolute atomic E-state index is 0.0810. The molecule has 1 fully saturated rings. The molecule has 0 spiro atoms. The smallest absolute Gasteiger partial charge is 0.243 e. The average molecular weight is 494 g/mol. The van der Waals surface area contributed by atoms with E-state index in [-0.39, 0.29) is 30.2 Å². The van der Waals surface area contributed by atoms with Gasteiger partial charge in [0.15, 0.2) is 0 Å². The van der Waals surface area contributed by atoms with E-state index in [1.165, 1.54) is 18.2 Å². The summed E-state index contributed by atoms with van der Waals surface area (Å²) >= 11 is 13.9. The van der Waals surface area contributed by atoms with Gasteiger partial charge in [0.05, 0.1) is 5.75 Å². The predicted molar refractivity (Wildman–Crippen MR) is 133 cm³/mol. The number of amides is 2. The van der Waals surface area contributed by atoms with Crippen molar-refractivity contribution < 1.29 is 9.59 Å². The van der Waals surface area contributed by atoms with E-state index < -0.39 is 6.04 Å². The highest BCUT2D eigenvalue weighted by molar-refractivity contribution is 8.00. The van der Waals surface area contributed by atoms with Crippen molar-refractivity contribution in [3.05, 3.63) is 64.1 Å². The number of carbonyl (C=O) groups excluding carboxylic acids is 2. The maximum Gasteiger partial charge on any atom is 0.243 e. The lowest BCUT2D eigenvalue weighted by molar-refractivity contribution is -0.139. The van der Waals surface area contributed by atoms with Crippen molar-refractivity contribution in [1.82, 2.24) is 10.2 Å². The molecule has 0 bridgehead atoms. The molecular formula is C25H30Cl2N2O2S. The molecule has 0 saturated heterocycles. The number of hydrogen-bond acceptors (Lipinski definition) is 3. The first kappa shape index (κ1) is 24.9. The monoisotopic (exact) mass is 492 g/mol. The van der Waals surface area contributed by atoms with Gasteiger partial charge in [0.25, 0.3) is 0 Å². The molecule has 3 rings (SSSR count). The van der Waals surface area contributed by atoms with Gasteiger partial charge in [-0.2, -0.15) is 0 Å². The molecule has 0 heterocycles. The summed E-state index contributed by atoms with van der Waals surface area (Å²) in [7, 11) is 0. The van der Waals surface area contributed by atoms with Gasteiger partial charge in [0, 0.05) is 27.5 Å². The van der Waals surface area contributed by atoms with E-state index in [9.17, 15) is 9.59 Å². The van der Waals surface area contributed by atoms with Crippen molar-refractivity contribution in [3.8, 4) is 0 Å². The number of thioether (sulfide) groups is 1. The van der Waals surface area contributed by atoms with Crippen LogP contribution in [0.25, 0.3) is 0 Å². The minimum Gasteiger partial charge on any atom is -0.352 e. The molecule has 2 aromatic carbocycles. The van der Waals surface area contributed by atoms with E-state index in [1.807, 2.05) is 43.3 Å². The zero-order chi connectivity index (χ0) is 22.9. The Morgan fingerprint density at radius 3 is 2.47 bits per heavy atom. The standard InChI is InChI=1S/C25H30Cl2N2O2S/c1-2-23(25(31)28-20-9-5-3-6-10-20)29(16-18-13-14-19(26)15-22(18)27)24(30)17-32-21-11-7-4-8-12-21/h4,7-8,11-15,20,23H,2-3,5-6,9-10,16-17H2,1H3,(H,28,31)/t23-/m0/s1. The largest absolute Gasteiger partial charge is 0.352 e. The first-order chi connectivity index (χ1) is 15.5. The van der Waals surface area contributed by atoms with Crippen LogP contribution in [0.3, 0.4) is 0 Å². The molecule has 1 atom stereocenters. The summed E-state index contributed by atoms with van der Waals surface area (Å²) in [6, 6.07) is 14.7. The highest BCUT2D eigenvalue weighted by Crippen LogP contribution is 2.26. The van der Waals surface area contributed by atoms with Gasteiger partial charge in [0.2, 0.25) is 11.8 Å². The van der Waals surface area contributed by atoms with E-state index in [0.717, 1.165) is 36.1 Å². The molecule has 2 aromatic rings. The minimum atomic E-state index is -0.549. The fraction of sp³-hybridized carbons (Fsp3) is 0.440. The Kier molecular flexibility index (Phi) is 9.76. The van der Waals surface area contributed by atoms with Crippen molar-refractivity contribution in [2.24, 2.45) is 0 Å². The highest BCUT2D eigenvalue weighted by Gasteiger charge is 2.30. The van der Waals surface area contributed by atoms with Crippen molar-refractivity contribution in [1.29, 1.82) is 0 Å². The summed E-state index contributed by atoms with van der Waals surface area (Å²) in [5.41, 5.74) is 0.776. The van der Waals surface area contributed by atoms with E-state index in [2.05, 4.69) is 5.32 Å². The second-order valence-electron chi connectivity index (χ2n) is 8.13. The van der Waals surface area contributed by atoms with E-state index in [0.29, 0.717) is 16.5 Å². The van der Waals surface area contributed by atoms with Gasteiger partial charge >= 0.3 is 0 Å². The Labute approximate surface area is 205 Å². The van der Waals surface area contributed by atoms with Crippen LogP contribution in [0.4, 0.5) is 0 Å². The van der Waals surface area contributed by atoms with E-state index >= 15 is 0 Å². The predicted octanol–water partition coefficient (Wildman–Crippen LogP) is 6.34. The number of hydrogen-bond donors (Lipinski definition) is 1. The van der Waals surface area contributed by atoms with Crippen LogP contribution in [0.15, 0.2) is 53.4 Å². The van der Waals surface area contributed by atoms with E-state index in [4.69, 9.17) is 23.2 Å². The fourth-order valence-electron chi connectivity index (χ4n) is 4.04. The Hall–Kier alpha value is -1.69. The first-order valence-electron chi connectivity index (χ1n) is 11.2. The number of benzene rings is 2. The van der Waals surface area contributed by atoms with Gasteiger partial charge < -0.3 is 10.2 Å². The summed E-state index contributed by atoms with van der Waals surface area (Å²) in [4.78, 5) is 29.3. The molecule has 0 aliphatic heterocycles. The molecule has 0 unspecified atom stereocenters. The first-order valence-corrected chi connectivity index (χ1v) is 12.9. The molecule has 4 nitrogen and oxygen atoms in total. The molecule has 1 aliphatic carbocycles. The zero-order valence-electron chi connectivity index (χ0n) is 18.4. The SMILES string of the molecule is CC[C@@H](C(=O)NC1CCCCC1)N(Cc1ccc(Cl)cc1Cl)C(=O)CSc1ccccc1. The number of nitrogens with zero attached hydrogens (tertiary/aromatic N) is 1. The Bertz CT molecular complexity index is 904. The van der Waals surface area contributed by atoms with Crippen LogP contribution in [0.1, 0.15) is 51.0 Å². The third kappa shape index (κ3) is 7.16. The summed E-state index contributed by atoms with van der Waals surface area (Å²) in [6.07, 6.45) is 6.04. The van der Waals surface area contributed by atoms with Gasteiger partial charge in [-0.15, -0.1) is 11.8 Å². The topological polar surface area (TPSA) is 49.4 Å². The quantitative estimate of drug-likeness (QED) is 0.415. The van der Waals surface area contributed by atoms with Crippen molar-refractivity contribution in [2.45, 2.75) is 69.0 Å². The maximum absolute atomic E-state index is 13.4. The van der Waals surface area contributed by atoms with Crippen LogP contribution in [-0.4, -0.2) is 34.6 Å². The number of rotatable bonds is 9. The van der Waals surface area contributed by atoms with Gasteiger partial charge in [-0.25, -0.2) is 0 Å². The van der Waals surface area contributed by atoms with Crippen LogP contribution >= 0.6 is 35.0 Å². The Balaban J connectivity index is 1.78. The summed E-state index contributed by atoms with van der Waals surface area (Å²) in [5.74, 6) is 0.0839. The normalized spacial score (nSPS) is 15.2. The van der Waals surface area contributed by atoms with Crippen LogP contribution < -0.4 is 5.32 Å². The molecule has 172 valence electrons. The van der Waals surface area contributed by atoms with Crippen LogP contribution in [0.5, 0.6) is 0 Å². The molecule has 1 saturated carbocycles. The summed E-state index contributed by atoms with van der Waals surface area (Å²) in [5, 5.41) is 4.23. The third-order valence-electron chi connectivity index (χ3n) is 5.80. The fourth-order valence-corrected chi connectivity index (χ4v) is 5.32. The zero-order valence-corrected chi connectivity index (χ0v) is 20.7. The lowest BCUT2D eigenvalue weighted by atomic mass is 9.95. The molecule has 0 aromatic heterocycles. The lowest BCUT2D eigenvalue weighted by Crippen LogP contribution is -2.52. The van der Waals surface area contributed by atoms with Crippen LogP contribution in [0.2, 0.25) is 10.0 Å². The van der Waals surface area contributed by atoms with Gasteiger partial charge in [-0.3, -0.25) is 9.59 Å². The number of nitrogens with one attached hydrogen (secondary N) is 1. The molecule has 1 N–H and O–H groups in total. The van der Waals surface area contributed by atoms with Crippen molar-refractivity contribution >= 4 is 46.8 Å². The van der Waals surface area contributed by atoms with Crippen molar-refractivity contribution in [3.63, 3.8) is 0 Å². The maximum atomic E-state index is 13.4. The second-order valence-corrected chi connectivity index (χ2v) is 10.0.